The van der Waals surface area contributed by atoms with Crippen molar-refractivity contribution >= 4 is 22.6 Å². The van der Waals surface area contributed by atoms with Crippen molar-refractivity contribution in [1.29, 1.82) is 0 Å². The number of aryl methyl sites for hydroxylation is 1. The maximum atomic E-state index is 5.20. The van der Waals surface area contributed by atoms with Crippen LogP contribution in [0.3, 0.4) is 0 Å². The minimum absolute atomic E-state index is 0.981. The van der Waals surface area contributed by atoms with Gasteiger partial charge in [-0.2, -0.15) is 0 Å². The molecule has 1 aromatic rings. The molecule has 0 N–H and O–H groups in total. The lowest BCUT2D eigenvalue weighted by Gasteiger charge is -2.07. The molecule has 0 heterocycles. The third-order valence-electron chi connectivity index (χ3n) is 1.80. The summed E-state index contributed by atoms with van der Waals surface area (Å²) in [6, 6.07) is 4.20. The molecule has 0 aliphatic heterocycles. The highest BCUT2D eigenvalue weighted by Crippen LogP contribution is 2.23. The van der Waals surface area contributed by atoms with Crippen LogP contribution in [0.1, 0.15) is 11.1 Å². The fraction of sp³-hybridized carbons (Fsp3) is 0.333. The van der Waals surface area contributed by atoms with Crippen LogP contribution in [0.5, 0.6) is 5.75 Å². The number of benzene rings is 1. The summed E-state index contributed by atoms with van der Waals surface area (Å²) in [6.07, 6.45) is 0. The first-order chi connectivity index (χ1) is 5.15. The maximum Gasteiger partial charge on any atom is 0.123 e. The Hall–Kier alpha value is -0.250. The van der Waals surface area contributed by atoms with Crippen molar-refractivity contribution in [1.82, 2.24) is 0 Å². The summed E-state index contributed by atoms with van der Waals surface area (Å²) in [5, 5.41) is 0. The summed E-state index contributed by atoms with van der Waals surface area (Å²) in [5.41, 5.74) is 2.52. The van der Waals surface area contributed by atoms with Crippen molar-refractivity contribution in [2.75, 3.05) is 7.11 Å². The van der Waals surface area contributed by atoms with Crippen LogP contribution in [0.25, 0.3) is 0 Å². The molecule has 0 aliphatic rings. The van der Waals surface area contributed by atoms with E-state index in [2.05, 4.69) is 42.5 Å². The lowest BCUT2D eigenvalue weighted by atomic mass is 10.1. The number of methoxy groups -OCH3 is 1. The van der Waals surface area contributed by atoms with Gasteiger partial charge in [0.2, 0.25) is 0 Å². The van der Waals surface area contributed by atoms with Crippen LogP contribution in [0, 0.1) is 17.4 Å². The molecule has 0 aliphatic carbocycles. The molecular formula is C9H11IO. The van der Waals surface area contributed by atoms with E-state index in [4.69, 9.17) is 4.74 Å². The molecule has 0 saturated carbocycles. The summed E-state index contributed by atoms with van der Waals surface area (Å²) in [6.45, 7) is 4.17. The van der Waals surface area contributed by atoms with E-state index in [0.29, 0.717) is 0 Å². The average molecular weight is 262 g/mol. The molecule has 2 heteroatoms. The summed E-state index contributed by atoms with van der Waals surface area (Å²) in [4.78, 5) is 0. The van der Waals surface area contributed by atoms with Crippen LogP contribution in [0.15, 0.2) is 12.1 Å². The molecule has 0 fully saturated rings. The van der Waals surface area contributed by atoms with Crippen molar-refractivity contribution in [3.63, 3.8) is 0 Å². The Labute approximate surface area is 80.9 Å². The zero-order valence-corrected chi connectivity index (χ0v) is 9.10. The number of halogens is 1. The van der Waals surface area contributed by atoms with E-state index in [0.717, 1.165) is 5.75 Å². The molecule has 1 nitrogen and oxygen atoms in total. The molecule has 1 rings (SSSR count). The van der Waals surface area contributed by atoms with E-state index in [1.54, 1.807) is 7.11 Å². The Balaban J connectivity index is 3.24. The fourth-order valence-corrected chi connectivity index (χ4v) is 1.75. The monoisotopic (exact) mass is 262 g/mol. The Morgan fingerprint density at radius 2 is 1.91 bits per heavy atom. The van der Waals surface area contributed by atoms with Gasteiger partial charge in [-0.05, 0) is 59.7 Å². The normalized spacial score (nSPS) is 9.82. The van der Waals surface area contributed by atoms with Crippen LogP contribution in [0.4, 0.5) is 0 Å². The molecule has 0 radical (unpaired) electrons. The second kappa shape index (κ2) is 3.43. The van der Waals surface area contributed by atoms with E-state index in [1.807, 2.05) is 6.07 Å². The molecule has 60 valence electrons. The van der Waals surface area contributed by atoms with Gasteiger partial charge in [0, 0.05) is 3.57 Å². The molecule has 0 atom stereocenters. The van der Waals surface area contributed by atoms with E-state index in [1.165, 1.54) is 14.7 Å². The number of hydrogen-bond acceptors (Lipinski definition) is 1. The summed E-state index contributed by atoms with van der Waals surface area (Å²) in [7, 11) is 1.71. The predicted octanol–water partition coefficient (Wildman–Crippen LogP) is 2.92. The lowest BCUT2D eigenvalue weighted by Crippen LogP contribution is -1.90. The van der Waals surface area contributed by atoms with Gasteiger partial charge in [0.05, 0.1) is 7.11 Å². The first-order valence-electron chi connectivity index (χ1n) is 3.46. The smallest absolute Gasteiger partial charge is 0.123 e. The molecule has 0 amide bonds. The minimum Gasteiger partial charge on any atom is -0.496 e. The molecule has 1 aromatic carbocycles. The van der Waals surface area contributed by atoms with Crippen molar-refractivity contribution < 1.29 is 4.74 Å². The highest BCUT2D eigenvalue weighted by atomic mass is 127. The van der Waals surface area contributed by atoms with Crippen molar-refractivity contribution in [3.05, 3.63) is 26.8 Å². The first-order valence-corrected chi connectivity index (χ1v) is 4.53. The van der Waals surface area contributed by atoms with E-state index < -0.39 is 0 Å². The van der Waals surface area contributed by atoms with Gasteiger partial charge in [-0.3, -0.25) is 0 Å². The number of ether oxygens (including phenoxy) is 1. The van der Waals surface area contributed by atoms with Gasteiger partial charge in [0.25, 0.3) is 0 Å². The third-order valence-corrected chi connectivity index (χ3v) is 2.43. The summed E-state index contributed by atoms with van der Waals surface area (Å²) in [5.74, 6) is 0.981. The Bertz CT molecular complexity index is 269. The lowest BCUT2D eigenvalue weighted by molar-refractivity contribution is 0.411. The predicted molar refractivity (Wildman–Crippen MR) is 55.2 cm³/mol. The van der Waals surface area contributed by atoms with E-state index in [9.17, 15) is 0 Å². The van der Waals surface area contributed by atoms with Crippen LogP contribution >= 0.6 is 22.6 Å². The standard InChI is InChI=1S/C9H11IO/c1-6-4-8(10)5-9(11-3)7(6)2/h4-5H,1-3H3. The van der Waals surface area contributed by atoms with Crippen LogP contribution in [-0.4, -0.2) is 7.11 Å². The minimum atomic E-state index is 0.981. The van der Waals surface area contributed by atoms with Gasteiger partial charge in [-0.25, -0.2) is 0 Å². The zero-order chi connectivity index (χ0) is 8.43. The van der Waals surface area contributed by atoms with Crippen LogP contribution < -0.4 is 4.74 Å². The Kier molecular flexibility index (Phi) is 2.76. The quantitative estimate of drug-likeness (QED) is 0.707. The molecule has 0 aromatic heterocycles. The zero-order valence-electron chi connectivity index (χ0n) is 6.94. The topological polar surface area (TPSA) is 9.23 Å². The number of rotatable bonds is 1. The first kappa shape index (κ1) is 8.84. The molecule has 11 heavy (non-hydrogen) atoms. The SMILES string of the molecule is COc1cc(I)cc(C)c1C. The highest BCUT2D eigenvalue weighted by Gasteiger charge is 2.01. The second-order valence-electron chi connectivity index (χ2n) is 2.55. The second-order valence-corrected chi connectivity index (χ2v) is 3.80. The van der Waals surface area contributed by atoms with Crippen LogP contribution in [0.2, 0.25) is 0 Å². The largest absolute Gasteiger partial charge is 0.496 e. The fourth-order valence-electron chi connectivity index (χ4n) is 0.997. The van der Waals surface area contributed by atoms with Gasteiger partial charge < -0.3 is 4.74 Å². The molecule has 0 saturated heterocycles. The van der Waals surface area contributed by atoms with Gasteiger partial charge in [-0.1, -0.05) is 0 Å². The van der Waals surface area contributed by atoms with Gasteiger partial charge in [0.15, 0.2) is 0 Å². The van der Waals surface area contributed by atoms with E-state index >= 15 is 0 Å². The third kappa shape index (κ3) is 1.86. The van der Waals surface area contributed by atoms with Gasteiger partial charge >= 0.3 is 0 Å². The highest BCUT2D eigenvalue weighted by molar-refractivity contribution is 14.1. The Morgan fingerprint density at radius 3 is 2.45 bits per heavy atom. The van der Waals surface area contributed by atoms with Crippen molar-refractivity contribution in [2.24, 2.45) is 0 Å². The average Bonchev–Trinajstić information content (AvgIpc) is 1.96. The van der Waals surface area contributed by atoms with Crippen molar-refractivity contribution in [3.8, 4) is 5.75 Å². The number of hydrogen-bond donors (Lipinski definition) is 0. The molecule has 0 spiro atoms. The molecule has 0 bridgehead atoms. The van der Waals surface area contributed by atoms with Crippen LogP contribution in [-0.2, 0) is 0 Å². The summed E-state index contributed by atoms with van der Waals surface area (Å²) < 4.78 is 6.43. The molecule has 0 unspecified atom stereocenters. The van der Waals surface area contributed by atoms with Gasteiger partial charge in [-0.15, -0.1) is 0 Å². The van der Waals surface area contributed by atoms with Gasteiger partial charge in [0.1, 0.15) is 5.75 Å². The summed E-state index contributed by atoms with van der Waals surface area (Å²) >= 11 is 2.29. The Morgan fingerprint density at radius 1 is 1.27 bits per heavy atom. The van der Waals surface area contributed by atoms with E-state index in [-0.39, 0.29) is 0 Å². The molecular weight excluding hydrogens is 251 g/mol. The maximum absolute atomic E-state index is 5.20. The van der Waals surface area contributed by atoms with Crippen molar-refractivity contribution in [2.45, 2.75) is 13.8 Å².